The molecule has 10 aromatic carbocycles. The van der Waals surface area contributed by atoms with Crippen LogP contribution in [0.25, 0.3) is 71.7 Å². The van der Waals surface area contributed by atoms with E-state index in [1.165, 1.54) is 55.2 Å². The molecule has 0 bridgehead atoms. The summed E-state index contributed by atoms with van der Waals surface area (Å²) in [5.41, 5.74) is 17.8. The van der Waals surface area contributed by atoms with E-state index in [1.807, 2.05) is 12.1 Å². The van der Waals surface area contributed by atoms with Gasteiger partial charge in [-0.15, -0.1) is 0 Å². The summed E-state index contributed by atoms with van der Waals surface area (Å²) in [5.74, 6) is 0. The van der Waals surface area contributed by atoms with Gasteiger partial charge in [-0.25, -0.2) is 0 Å². The van der Waals surface area contributed by atoms with Crippen molar-refractivity contribution in [3.05, 3.63) is 265 Å². The van der Waals surface area contributed by atoms with Gasteiger partial charge in [0.15, 0.2) is 0 Å². The van der Waals surface area contributed by atoms with Gasteiger partial charge >= 0.3 is 0 Å². The van der Waals surface area contributed by atoms with Gasteiger partial charge in [0, 0.05) is 44.3 Å². The summed E-state index contributed by atoms with van der Waals surface area (Å²) in [6.07, 6.45) is 0. The van der Waals surface area contributed by atoms with Gasteiger partial charge in [0.1, 0.15) is 11.2 Å². The van der Waals surface area contributed by atoms with Crippen molar-refractivity contribution in [2.45, 2.75) is 5.41 Å². The van der Waals surface area contributed by atoms with Crippen molar-refractivity contribution in [1.29, 1.82) is 0 Å². The molecule has 0 N–H and O–H groups in total. The zero-order valence-electron chi connectivity index (χ0n) is 34.9. The zero-order chi connectivity index (χ0) is 42.2. The number of rotatable bonds is 7. The number of hydrogen-bond acceptors (Lipinski definition) is 2. The summed E-state index contributed by atoms with van der Waals surface area (Å²) in [4.78, 5) is 2.41. The Labute approximate surface area is 371 Å². The molecule has 0 spiro atoms. The number of hydrogen-bond donors (Lipinski definition) is 0. The highest BCUT2D eigenvalue weighted by molar-refractivity contribution is 6.09. The van der Waals surface area contributed by atoms with Crippen LogP contribution in [0.15, 0.2) is 247 Å². The second-order valence-electron chi connectivity index (χ2n) is 16.8. The Bertz CT molecular complexity index is 3640. The smallest absolute Gasteiger partial charge is 0.136 e. The van der Waals surface area contributed by atoms with E-state index in [2.05, 4.69) is 240 Å². The molecule has 0 unspecified atom stereocenters. The lowest BCUT2D eigenvalue weighted by molar-refractivity contribution is 0.669. The summed E-state index contributed by atoms with van der Waals surface area (Å²) in [6, 6.07) is 88.4. The topological polar surface area (TPSA) is 21.3 Å². The largest absolute Gasteiger partial charge is 0.456 e. The van der Waals surface area contributed by atoms with E-state index < -0.39 is 5.41 Å². The summed E-state index contributed by atoms with van der Waals surface area (Å²) < 4.78 is 8.71. The SMILES string of the molecule is c1ccc(C2(c3ccccc3)c3ccccc3-c3cc(N(c4ccc(-c5ccc6c(c5)oc5ccccc56)cc4)c4cccc(-n5c6ccccc6c6ccccc65)c4)ccc32)cc1. The molecule has 0 saturated heterocycles. The molecule has 2 aromatic heterocycles. The van der Waals surface area contributed by atoms with Crippen LogP contribution in [0.5, 0.6) is 0 Å². The maximum absolute atomic E-state index is 6.31. The molecule has 12 aromatic rings. The van der Waals surface area contributed by atoms with Gasteiger partial charge in [0.05, 0.1) is 16.4 Å². The summed E-state index contributed by atoms with van der Waals surface area (Å²) >= 11 is 0. The van der Waals surface area contributed by atoms with Gasteiger partial charge < -0.3 is 13.9 Å². The first-order chi connectivity index (χ1) is 31.7. The first-order valence-corrected chi connectivity index (χ1v) is 22.0. The number of fused-ring (bicyclic) bond motifs is 9. The molecule has 0 aliphatic heterocycles. The molecule has 0 fully saturated rings. The lowest BCUT2D eigenvalue weighted by Gasteiger charge is -2.34. The molecular formula is C61H40N2O. The third kappa shape index (κ3) is 5.41. The number of anilines is 3. The Hall–Kier alpha value is -8.40. The van der Waals surface area contributed by atoms with Gasteiger partial charge in [-0.1, -0.05) is 170 Å². The van der Waals surface area contributed by atoms with E-state index in [9.17, 15) is 0 Å². The van der Waals surface area contributed by atoms with Crippen molar-refractivity contribution in [3.63, 3.8) is 0 Å². The lowest BCUT2D eigenvalue weighted by atomic mass is 9.68. The maximum atomic E-state index is 6.31. The van der Waals surface area contributed by atoms with Crippen LogP contribution in [-0.2, 0) is 5.41 Å². The second-order valence-corrected chi connectivity index (χ2v) is 16.8. The second kappa shape index (κ2) is 14.3. The van der Waals surface area contributed by atoms with Crippen molar-refractivity contribution < 1.29 is 4.42 Å². The van der Waals surface area contributed by atoms with Crippen LogP contribution in [0.1, 0.15) is 22.3 Å². The summed E-state index contributed by atoms with van der Waals surface area (Å²) in [6.45, 7) is 0. The molecular weight excluding hydrogens is 777 g/mol. The fourth-order valence-corrected chi connectivity index (χ4v) is 10.7. The highest BCUT2D eigenvalue weighted by Crippen LogP contribution is 2.57. The Morgan fingerprint density at radius 2 is 0.906 bits per heavy atom. The standard InChI is InChI=1S/C61H40N2O/c1-3-16-43(17-4-1)61(44-18-5-2-6-19-44)55-26-11-7-22-49(55)54-40-48(35-37-56(54)61)62(45-33-30-41(31-34-45)42-32-36-53-52-25-10-14-29-59(52)64-60(53)38-42)46-20-15-21-47(39-46)63-57-27-12-8-23-50(57)51-24-9-13-28-58(51)63/h1-40H. The average molecular weight is 817 g/mol. The van der Waals surface area contributed by atoms with Crippen molar-refractivity contribution >= 4 is 60.8 Å². The fraction of sp³-hybridized carbons (Fsp3) is 0.0164. The molecule has 1 aliphatic rings. The number of benzene rings is 10. The van der Waals surface area contributed by atoms with Crippen LogP contribution < -0.4 is 4.90 Å². The molecule has 2 heterocycles. The minimum absolute atomic E-state index is 0.475. The highest BCUT2D eigenvalue weighted by Gasteiger charge is 2.46. The minimum Gasteiger partial charge on any atom is -0.456 e. The molecule has 300 valence electrons. The Morgan fingerprint density at radius 1 is 0.344 bits per heavy atom. The van der Waals surface area contributed by atoms with Crippen LogP contribution in [0, 0.1) is 0 Å². The van der Waals surface area contributed by atoms with Crippen LogP contribution in [0.4, 0.5) is 17.1 Å². The van der Waals surface area contributed by atoms with E-state index in [-0.39, 0.29) is 0 Å². The third-order valence-corrected chi connectivity index (χ3v) is 13.5. The van der Waals surface area contributed by atoms with Gasteiger partial charge in [-0.05, 0) is 117 Å². The van der Waals surface area contributed by atoms with Crippen molar-refractivity contribution in [1.82, 2.24) is 4.57 Å². The van der Waals surface area contributed by atoms with Crippen LogP contribution in [0.2, 0.25) is 0 Å². The molecule has 0 atom stereocenters. The molecule has 3 nitrogen and oxygen atoms in total. The predicted octanol–water partition coefficient (Wildman–Crippen LogP) is 16.2. The van der Waals surface area contributed by atoms with E-state index in [1.54, 1.807) is 0 Å². The van der Waals surface area contributed by atoms with Gasteiger partial charge in [0.25, 0.3) is 0 Å². The quantitative estimate of drug-likeness (QED) is 0.160. The Kier molecular flexibility index (Phi) is 8.13. The molecule has 0 saturated carbocycles. The molecule has 3 heteroatoms. The summed E-state index contributed by atoms with van der Waals surface area (Å²) in [7, 11) is 0. The fourth-order valence-electron chi connectivity index (χ4n) is 10.7. The van der Waals surface area contributed by atoms with Crippen molar-refractivity contribution in [2.24, 2.45) is 0 Å². The number of para-hydroxylation sites is 3. The van der Waals surface area contributed by atoms with Gasteiger partial charge in [-0.3, -0.25) is 0 Å². The van der Waals surface area contributed by atoms with Crippen LogP contribution in [0.3, 0.4) is 0 Å². The average Bonchev–Trinajstić information content (AvgIpc) is 4.01. The van der Waals surface area contributed by atoms with Gasteiger partial charge in [0.2, 0.25) is 0 Å². The van der Waals surface area contributed by atoms with Crippen LogP contribution >= 0.6 is 0 Å². The predicted molar refractivity (Wildman–Crippen MR) is 265 cm³/mol. The van der Waals surface area contributed by atoms with Crippen LogP contribution in [-0.4, -0.2) is 4.57 Å². The third-order valence-electron chi connectivity index (χ3n) is 13.5. The van der Waals surface area contributed by atoms with E-state index in [4.69, 9.17) is 4.42 Å². The van der Waals surface area contributed by atoms with E-state index in [0.717, 1.165) is 55.8 Å². The molecule has 64 heavy (non-hydrogen) atoms. The molecule has 0 amide bonds. The number of furan rings is 1. The summed E-state index contributed by atoms with van der Waals surface area (Å²) in [5, 5.41) is 4.76. The molecule has 1 aliphatic carbocycles. The van der Waals surface area contributed by atoms with Crippen molar-refractivity contribution in [3.8, 4) is 27.9 Å². The zero-order valence-corrected chi connectivity index (χ0v) is 34.9. The van der Waals surface area contributed by atoms with E-state index in [0.29, 0.717) is 0 Å². The first kappa shape index (κ1) is 36.3. The highest BCUT2D eigenvalue weighted by atomic mass is 16.3. The molecule has 0 radical (unpaired) electrons. The van der Waals surface area contributed by atoms with Gasteiger partial charge in [-0.2, -0.15) is 0 Å². The van der Waals surface area contributed by atoms with Crippen molar-refractivity contribution in [2.75, 3.05) is 4.90 Å². The maximum Gasteiger partial charge on any atom is 0.136 e. The number of aromatic nitrogens is 1. The number of nitrogens with zero attached hydrogens (tertiary/aromatic N) is 2. The Morgan fingerprint density at radius 3 is 1.64 bits per heavy atom. The normalized spacial score (nSPS) is 12.8. The van der Waals surface area contributed by atoms with E-state index >= 15 is 0 Å². The molecule has 13 rings (SSSR count). The Balaban J connectivity index is 1.00. The monoisotopic (exact) mass is 816 g/mol. The minimum atomic E-state index is -0.475. The lowest BCUT2D eigenvalue weighted by Crippen LogP contribution is -2.28. The first-order valence-electron chi connectivity index (χ1n) is 22.0.